The van der Waals surface area contributed by atoms with Gasteiger partial charge in [0.25, 0.3) is 5.56 Å². The minimum Gasteiger partial charge on any atom is -0.488 e. The number of hydrogen-bond donors (Lipinski definition) is 0. The summed E-state index contributed by atoms with van der Waals surface area (Å²) in [6.45, 7) is 6.47. The van der Waals surface area contributed by atoms with Crippen LogP contribution in [0, 0.1) is 0 Å². The summed E-state index contributed by atoms with van der Waals surface area (Å²) >= 11 is 13.8. The van der Waals surface area contributed by atoms with Crippen molar-refractivity contribution in [3.05, 3.63) is 160 Å². The molecule has 238 valence electrons. The summed E-state index contributed by atoms with van der Waals surface area (Å²) in [6, 6.07) is 29.5. The Morgan fingerprint density at radius 1 is 0.957 bits per heavy atom. The summed E-state index contributed by atoms with van der Waals surface area (Å²) in [4.78, 5) is 33.5. The second-order valence-corrected chi connectivity index (χ2v) is 13.2. The fourth-order valence-electron chi connectivity index (χ4n) is 5.51. The van der Waals surface area contributed by atoms with Gasteiger partial charge in [0.15, 0.2) is 4.80 Å². The third-order valence-corrected chi connectivity index (χ3v) is 9.29. The van der Waals surface area contributed by atoms with Crippen LogP contribution in [0.2, 0.25) is 10.0 Å². The van der Waals surface area contributed by atoms with E-state index in [0.29, 0.717) is 47.9 Å². The molecule has 0 saturated heterocycles. The van der Waals surface area contributed by atoms with Crippen LogP contribution in [0.1, 0.15) is 60.5 Å². The van der Waals surface area contributed by atoms with Gasteiger partial charge < -0.3 is 9.47 Å². The summed E-state index contributed by atoms with van der Waals surface area (Å²) < 4.78 is 13.8. The first-order valence-electron chi connectivity index (χ1n) is 15.3. The lowest BCUT2D eigenvalue weighted by Gasteiger charge is -2.26. The zero-order chi connectivity index (χ0) is 33.1. The monoisotopic (exact) mass is 682 g/mol. The lowest BCUT2D eigenvalue weighted by Crippen LogP contribution is -2.40. The van der Waals surface area contributed by atoms with Gasteiger partial charge in [-0.15, -0.1) is 0 Å². The number of rotatable bonds is 9. The highest BCUT2D eigenvalue weighted by molar-refractivity contribution is 7.07. The van der Waals surface area contributed by atoms with Gasteiger partial charge in [0, 0.05) is 21.2 Å². The molecular weight excluding hydrogens is 651 g/mol. The second-order valence-electron chi connectivity index (χ2n) is 11.4. The van der Waals surface area contributed by atoms with E-state index >= 15 is 0 Å². The number of nitrogens with zero attached hydrogens (tertiary/aromatic N) is 2. The van der Waals surface area contributed by atoms with Crippen LogP contribution in [0.15, 0.2) is 112 Å². The Kier molecular flexibility index (Phi) is 9.78. The molecule has 1 aliphatic rings. The van der Waals surface area contributed by atoms with Crippen molar-refractivity contribution in [1.82, 2.24) is 4.57 Å². The van der Waals surface area contributed by atoms with Gasteiger partial charge in [-0.3, -0.25) is 9.36 Å². The van der Waals surface area contributed by atoms with E-state index in [1.165, 1.54) is 11.3 Å². The SMILES string of the molecule is CCOC(=O)C1=C(c2ccccc2)N=c2sc(=Cc3cc(Cl)ccc3OCc3cccc(Cl)c3)c(=O)n2C1c1ccc(C(C)C)cc1. The van der Waals surface area contributed by atoms with Gasteiger partial charge in [0.1, 0.15) is 12.4 Å². The molecule has 0 radical (unpaired) electrons. The molecule has 47 heavy (non-hydrogen) atoms. The number of esters is 1. The Balaban J connectivity index is 1.54. The average molecular weight is 684 g/mol. The normalized spacial score (nSPS) is 14.6. The maximum absolute atomic E-state index is 14.4. The number of benzene rings is 4. The van der Waals surface area contributed by atoms with Crippen LogP contribution in [0.4, 0.5) is 0 Å². The van der Waals surface area contributed by atoms with E-state index in [2.05, 4.69) is 13.8 Å². The maximum atomic E-state index is 14.4. The average Bonchev–Trinajstić information content (AvgIpc) is 3.38. The maximum Gasteiger partial charge on any atom is 0.338 e. The van der Waals surface area contributed by atoms with E-state index in [0.717, 1.165) is 22.3 Å². The Bertz CT molecular complexity index is 2150. The summed E-state index contributed by atoms with van der Waals surface area (Å²) in [5.41, 5.74) is 4.71. The zero-order valence-electron chi connectivity index (χ0n) is 26.1. The van der Waals surface area contributed by atoms with Crippen LogP contribution in [0.5, 0.6) is 5.75 Å². The Morgan fingerprint density at radius 2 is 1.70 bits per heavy atom. The number of hydrogen-bond acceptors (Lipinski definition) is 6. The molecule has 5 aromatic rings. The lowest BCUT2D eigenvalue weighted by atomic mass is 9.91. The van der Waals surface area contributed by atoms with Crippen LogP contribution >= 0.6 is 34.5 Å². The molecule has 0 bridgehead atoms. The largest absolute Gasteiger partial charge is 0.488 e. The van der Waals surface area contributed by atoms with Crippen molar-refractivity contribution in [3.63, 3.8) is 0 Å². The van der Waals surface area contributed by atoms with Gasteiger partial charge in [-0.1, -0.05) is 115 Å². The summed E-state index contributed by atoms with van der Waals surface area (Å²) in [5, 5.41) is 1.12. The number of carbonyl (C=O) groups is 1. The van der Waals surface area contributed by atoms with Crippen molar-refractivity contribution in [2.24, 2.45) is 4.99 Å². The van der Waals surface area contributed by atoms with E-state index in [-0.39, 0.29) is 18.8 Å². The first-order valence-corrected chi connectivity index (χ1v) is 16.9. The van der Waals surface area contributed by atoms with E-state index in [9.17, 15) is 9.59 Å². The van der Waals surface area contributed by atoms with Gasteiger partial charge in [-0.2, -0.15) is 0 Å². The highest BCUT2D eigenvalue weighted by atomic mass is 35.5. The van der Waals surface area contributed by atoms with Gasteiger partial charge in [-0.25, -0.2) is 9.79 Å². The molecule has 9 heteroatoms. The number of thiazole rings is 1. The van der Waals surface area contributed by atoms with E-state index in [4.69, 9.17) is 37.7 Å². The fraction of sp³-hybridized carbons (Fsp3) is 0.184. The Labute approximate surface area is 286 Å². The number of carbonyl (C=O) groups excluding carboxylic acids is 1. The van der Waals surface area contributed by atoms with E-state index in [1.807, 2.05) is 72.8 Å². The lowest BCUT2D eigenvalue weighted by molar-refractivity contribution is -0.138. The van der Waals surface area contributed by atoms with E-state index < -0.39 is 12.0 Å². The molecular formula is C38H32Cl2N2O4S. The highest BCUT2D eigenvalue weighted by Gasteiger charge is 2.35. The van der Waals surface area contributed by atoms with Crippen LogP contribution in [0.3, 0.4) is 0 Å². The summed E-state index contributed by atoms with van der Waals surface area (Å²) in [7, 11) is 0. The third kappa shape index (κ3) is 6.98. The molecule has 0 spiro atoms. The van der Waals surface area contributed by atoms with Crippen LogP contribution < -0.4 is 19.6 Å². The van der Waals surface area contributed by atoms with Crippen LogP contribution in [0.25, 0.3) is 11.8 Å². The molecule has 0 fully saturated rings. The van der Waals surface area contributed by atoms with Crippen molar-refractivity contribution in [2.75, 3.05) is 6.61 Å². The molecule has 6 rings (SSSR count). The molecule has 1 unspecified atom stereocenters. The first kappa shape index (κ1) is 32.5. The van der Waals surface area contributed by atoms with Crippen LogP contribution in [-0.4, -0.2) is 17.1 Å². The van der Waals surface area contributed by atoms with Gasteiger partial charge >= 0.3 is 5.97 Å². The molecule has 1 atom stereocenters. The molecule has 0 saturated carbocycles. The predicted octanol–water partition coefficient (Wildman–Crippen LogP) is 7.94. The van der Waals surface area contributed by atoms with Gasteiger partial charge in [0.05, 0.1) is 28.5 Å². The molecule has 0 aliphatic carbocycles. The standard InChI is InChI=1S/C38H32Cl2N2O4S/c1-4-45-37(44)33-34(26-10-6-5-7-11-26)41-38-42(35(33)27-15-13-25(14-16-27)23(2)3)36(43)32(47-38)21-28-20-30(40)17-18-31(28)46-22-24-9-8-12-29(39)19-24/h5-21,23,35H,4,22H2,1-3H3. The smallest absolute Gasteiger partial charge is 0.338 e. The van der Waals surface area contributed by atoms with Crippen molar-refractivity contribution in [1.29, 1.82) is 0 Å². The first-order chi connectivity index (χ1) is 22.7. The van der Waals surface area contributed by atoms with Crippen molar-refractivity contribution < 1.29 is 14.3 Å². The highest BCUT2D eigenvalue weighted by Crippen LogP contribution is 2.36. The Hall–Kier alpha value is -4.43. The molecule has 0 amide bonds. The minimum absolute atomic E-state index is 0.181. The molecule has 4 aromatic carbocycles. The molecule has 1 aromatic heterocycles. The van der Waals surface area contributed by atoms with Crippen LogP contribution in [-0.2, 0) is 16.1 Å². The summed E-state index contributed by atoms with van der Waals surface area (Å²) in [6.07, 6.45) is 1.76. The van der Waals surface area contributed by atoms with Crippen molar-refractivity contribution in [2.45, 2.75) is 39.3 Å². The number of halogens is 2. The predicted molar refractivity (Wildman–Crippen MR) is 189 cm³/mol. The topological polar surface area (TPSA) is 69.9 Å². The summed E-state index contributed by atoms with van der Waals surface area (Å²) in [5.74, 6) is 0.353. The quantitative estimate of drug-likeness (QED) is 0.148. The number of fused-ring (bicyclic) bond motifs is 1. The third-order valence-electron chi connectivity index (χ3n) is 7.83. The van der Waals surface area contributed by atoms with Crippen molar-refractivity contribution >= 4 is 52.3 Å². The number of aromatic nitrogens is 1. The molecule has 1 aliphatic heterocycles. The fourth-order valence-corrected chi connectivity index (χ4v) is 6.90. The molecule has 2 heterocycles. The van der Waals surface area contributed by atoms with Gasteiger partial charge in [-0.05, 0) is 65.9 Å². The molecule has 6 nitrogen and oxygen atoms in total. The van der Waals surface area contributed by atoms with E-state index in [1.54, 1.807) is 41.8 Å². The van der Waals surface area contributed by atoms with Gasteiger partial charge in [0.2, 0.25) is 0 Å². The zero-order valence-corrected chi connectivity index (χ0v) is 28.4. The second kappa shape index (κ2) is 14.1. The Morgan fingerprint density at radius 3 is 2.40 bits per heavy atom. The minimum atomic E-state index is -0.762. The number of ether oxygens (including phenoxy) is 2. The molecule has 0 N–H and O–H groups in total. The van der Waals surface area contributed by atoms with Crippen molar-refractivity contribution in [3.8, 4) is 5.75 Å².